The predicted octanol–water partition coefficient (Wildman–Crippen LogP) is 15.7. The molecule has 0 spiro atoms. The molecule has 0 aromatic rings. The van der Waals surface area contributed by atoms with Crippen molar-refractivity contribution in [3.8, 4) is 0 Å². The summed E-state index contributed by atoms with van der Waals surface area (Å²) in [5, 5.41) is 87.6. The van der Waals surface area contributed by atoms with Gasteiger partial charge in [-0.15, -0.1) is 0 Å². The fourth-order valence-corrected chi connectivity index (χ4v) is 11.7. The van der Waals surface area contributed by atoms with Gasteiger partial charge in [0.05, 0.1) is 32.0 Å². The zero-order chi connectivity index (χ0) is 65.9. The van der Waals surface area contributed by atoms with Gasteiger partial charge in [-0.25, -0.2) is 0 Å². The number of hydrogen-bond acceptors (Lipinski definition) is 13. The van der Waals surface area contributed by atoms with Crippen LogP contribution in [0.25, 0.3) is 0 Å². The second-order valence-corrected chi connectivity index (χ2v) is 25.7. The maximum absolute atomic E-state index is 13.4. The molecule has 2 aliphatic rings. The molecule has 0 bridgehead atoms. The first-order valence-electron chi connectivity index (χ1n) is 37.0. The van der Waals surface area contributed by atoms with Crippen molar-refractivity contribution >= 4 is 5.91 Å². The quantitative estimate of drug-likeness (QED) is 0.0204. The molecule has 1 amide bonds. The lowest BCUT2D eigenvalue weighted by Gasteiger charge is -2.46. The van der Waals surface area contributed by atoms with E-state index in [9.17, 15) is 45.6 Å². The second kappa shape index (κ2) is 60.6. The van der Waals surface area contributed by atoms with Gasteiger partial charge in [0.15, 0.2) is 12.6 Å². The number of nitrogens with one attached hydrogen (secondary N) is 1. The molecule has 2 aliphatic heterocycles. The van der Waals surface area contributed by atoms with E-state index in [0.717, 1.165) is 89.9 Å². The van der Waals surface area contributed by atoms with Crippen molar-refractivity contribution in [2.75, 3.05) is 19.8 Å². The number of rotatable bonds is 60. The lowest BCUT2D eigenvalue weighted by atomic mass is 9.97. The summed E-state index contributed by atoms with van der Waals surface area (Å²) < 4.78 is 22.9. The highest BCUT2D eigenvalue weighted by Crippen LogP contribution is 2.30. The molecule has 0 aromatic carbocycles. The molecule has 0 aliphatic carbocycles. The van der Waals surface area contributed by atoms with Gasteiger partial charge in [0.2, 0.25) is 5.91 Å². The molecule has 14 nitrogen and oxygen atoms in total. The van der Waals surface area contributed by atoms with E-state index >= 15 is 0 Å². The smallest absolute Gasteiger partial charge is 0.220 e. The van der Waals surface area contributed by atoms with E-state index in [1.807, 2.05) is 6.08 Å². The summed E-state index contributed by atoms with van der Waals surface area (Å²) in [6.45, 7) is 2.71. The van der Waals surface area contributed by atoms with Gasteiger partial charge in [0, 0.05) is 6.42 Å². The summed E-state index contributed by atoms with van der Waals surface area (Å²) >= 11 is 0. The van der Waals surface area contributed by atoms with Gasteiger partial charge < -0.3 is 65.1 Å². The average molecular weight is 1280 g/mol. The number of unbranched alkanes of at least 4 members (excludes halogenated alkanes) is 33. The Balaban J connectivity index is 1.66. The van der Waals surface area contributed by atoms with Crippen LogP contribution in [-0.4, -0.2) is 140 Å². The Morgan fingerprint density at radius 3 is 1.16 bits per heavy atom. The number of ether oxygens (including phenoxy) is 4. The lowest BCUT2D eigenvalue weighted by molar-refractivity contribution is -0.359. The third-order valence-electron chi connectivity index (χ3n) is 17.5. The van der Waals surface area contributed by atoms with E-state index < -0.39 is 86.8 Å². The molecule has 9 N–H and O–H groups in total. The van der Waals surface area contributed by atoms with E-state index in [4.69, 9.17) is 18.9 Å². The molecule has 526 valence electrons. The van der Waals surface area contributed by atoms with Gasteiger partial charge in [-0.3, -0.25) is 4.79 Å². The van der Waals surface area contributed by atoms with Gasteiger partial charge >= 0.3 is 0 Å². The van der Waals surface area contributed by atoms with Crippen LogP contribution >= 0.6 is 0 Å². The highest BCUT2D eigenvalue weighted by atomic mass is 16.7. The van der Waals surface area contributed by atoms with Crippen LogP contribution < -0.4 is 5.32 Å². The molecule has 2 rings (SSSR count). The molecule has 12 unspecified atom stereocenters. The van der Waals surface area contributed by atoms with Gasteiger partial charge in [-0.05, 0) is 77.0 Å². The molecule has 0 radical (unpaired) electrons. The highest BCUT2D eigenvalue weighted by Gasteiger charge is 2.51. The monoisotopic (exact) mass is 1280 g/mol. The minimum absolute atomic E-state index is 0.243. The number of aliphatic hydroxyl groups excluding tert-OH is 8. The molecule has 2 fully saturated rings. The van der Waals surface area contributed by atoms with Crippen LogP contribution in [0.15, 0.2) is 97.2 Å². The molecule has 2 heterocycles. The second-order valence-electron chi connectivity index (χ2n) is 25.7. The van der Waals surface area contributed by atoms with Crippen molar-refractivity contribution in [3.05, 3.63) is 97.2 Å². The highest BCUT2D eigenvalue weighted by molar-refractivity contribution is 5.76. The van der Waals surface area contributed by atoms with E-state index in [1.54, 1.807) is 6.08 Å². The number of carbonyl (C=O) groups excluding carboxylic acids is 1. The van der Waals surface area contributed by atoms with Crippen molar-refractivity contribution in [1.82, 2.24) is 5.32 Å². The number of allylic oxidation sites excluding steroid dienone is 15. The van der Waals surface area contributed by atoms with E-state index in [1.165, 1.54) is 173 Å². The molecule has 12 atom stereocenters. The number of carbonyl (C=O) groups is 1. The molecule has 14 heteroatoms. The van der Waals surface area contributed by atoms with Crippen LogP contribution in [0, 0.1) is 0 Å². The summed E-state index contributed by atoms with van der Waals surface area (Å²) in [6.07, 6.45) is 68.8. The molecular formula is C77H135NO13. The minimum Gasteiger partial charge on any atom is -0.394 e. The Morgan fingerprint density at radius 2 is 0.758 bits per heavy atom. The van der Waals surface area contributed by atoms with E-state index in [-0.39, 0.29) is 18.9 Å². The van der Waals surface area contributed by atoms with Crippen molar-refractivity contribution in [2.24, 2.45) is 0 Å². The first-order chi connectivity index (χ1) is 44.6. The van der Waals surface area contributed by atoms with Gasteiger partial charge in [0.25, 0.3) is 0 Å². The fourth-order valence-electron chi connectivity index (χ4n) is 11.7. The van der Waals surface area contributed by atoms with Gasteiger partial charge in [-0.2, -0.15) is 0 Å². The van der Waals surface area contributed by atoms with Crippen LogP contribution in [0.5, 0.6) is 0 Å². The zero-order valence-corrected chi connectivity index (χ0v) is 57.3. The Hall–Kier alpha value is -3.09. The van der Waals surface area contributed by atoms with Crippen LogP contribution in [0.4, 0.5) is 0 Å². The summed E-state index contributed by atoms with van der Waals surface area (Å²) in [5.41, 5.74) is 0. The van der Waals surface area contributed by atoms with Crippen LogP contribution in [0.2, 0.25) is 0 Å². The Bertz CT molecular complexity index is 1900. The number of hydrogen-bond donors (Lipinski definition) is 9. The summed E-state index contributed by atoms with van der Waals surface area (Å²) in [4.78, 5) is 13.4. The SMILES string of the molecule is CC/C=C\C/C=C\C/C=C\C/C=C\C/C=C\C/C=C\C/C=C\CCCCCCCCCCCCCC(=O)NC(COC1OC(CO)C(OC2OC(CO)C(O)C(O)C2O)C(O)C1O)C(O)/C=C/CCCCCCCCCCCCCCCCCCCCCCCC. The Kier molecular flexibility index (Phi) is 55.9. The third-order valence-corrected chi connectivity index (χ3v) is 17.5. The van der Waals surface area contributed by atoms with Crippen molar-refractivity contribution in [1.29, 1.82) is 0 Å². The molecule has 0 saturated carbocycles. The van der Waals surface area contributed by atoms with Crippen LogP contribution in [-0.2, 0) is 23.7 Å². The van der Waals surface area contributed by atoms with Crippen LogP contribution in [0.3, 0.4) is 0 Å². The minimum atomic E-state index is -1.79. The first kappa shape index (κ1) is 84.0. The number of amides is 1. The third kappa shape index (κ3) is 44.3. The van der Waals surface area contributed by atoms with Gasteiger partial charge in [0.1, 0.15) is 48.8 Å². The lowest BCUT2D eigenvalue weighted by Crippen LogP contribution is -2.65. The van der Waals surface area contributed by atoms with E-state index in [2.05, 4.69) is 104 Å². The summed E-state index contributed by atoms with van der Waals surface area (Å²) in [6, 6.07) is -0.924. The van der Waals surface area contributed by atoms with E-state index in [0.29, 0.717) is 6.42 Å². The van der Waals surface area contributed by atoms with Crippen molar-refractivity contribution in [3.63, 3.8) is 0 Å². The topological polar surface area (TPSA) is 228 Å². The maximum Gasteiger partial charge on any atom is 0.220 e. The Morgan fingerprint density at radius 1 is 0.407 bits per heavy atom. The molecule has 91 heavy (non-hydrogen) atoms. The Labute approximate surface area is 553 Å². The molecular weight excluding hydrogens is 1150 g/mol. The first-order valence-corrected chi connectivity index (χ1v) is 37.0. The summed E-state index contributed by atoms with van der Waals surface area (Å²) in [7, 11) is 0. The number of aliphatic hydroxyl groups is 8. The zero-order valence-electron chi connectivity index (χ0n) is 57.3. The standard InChI is InChI=1S/C77H135NO13/c1-3-5-7-9-11-13-15-17-19-21-23-25-27-29-30-31-32-33-34-35-36-37-39-41-43-45-47-49-51-53-55-57-59-61-69(82)78-65(64-88-76-74(87)72(85)75(68(63-80)90-76)91-77-73(86)71(84)70(83)67(62-79)89-77)66(81)60-58-56-54-52-50-48-46-44-42-40-38-28-26-24-22-20-18-16-14-12-10-8-6-4-2/h5,7,11,13,17,19,23,25,29-30,32-33,35-36,58,60,65-68,70-77,79-81,83-87H,3-4,6,8-10,12,14-16,18,20-22,24,26-28,31,34,37-57,59,61-64H2,1-2H3,(H,78,82)/b7-5-,13-11-,19-17-,25-23-,30-29-,33-32-,36-35-,60-58+. The summed E-state index contributed by atoms with van der Waals surface area (Å²) in [5.74, 6) is -0.243. The maximum atomic E-state index is 13.4. The van der Waals surface area contributed by atoms with Gasteiger partial charge in [-0.1, -0.05) is 304 Å². The van der Waals surface area contributed by atoms with Crippen molar-refractivity contribution in [2.45, 2.75) is 364 Å². The molecule has 0 aromatic heterocycles. The predicted molar refractivity (Wildman–Crippen MR) is 373 cm³/mol. The van der Waals surface area contributed by atoms with Crippen molar-refractivity contribution < 1.29 is 64.6 Å². The fraction of sp³-hybridized carbons (Fsp3) is 0.779. The largest absolute Gasteiger partial charge is 0.394 e. The normalized spacial score (nSPS) is 23.4. The average Bonchev–Trinajstić information content (AvgIpc) is 1.28. The van der Waals surface area contributed by atoms with Crippen LogP contribution in [0.1, 0.15) is 290 Å². The molecule has 2 saturated heterocycles.